The maximum absolute atomic E-state index is 13.5. The first kappa shape index (κ1) is 23.6. The van der Waals surface area contributed by atoms with Gasteiger partial charge < -0.3 is 4.90 Å². The van der Waals surface area contributed by atoms with Crippen molar-refractivity contribution in [1.82, 2.24) is 9.47 Å². The molecule has 1 aliphatic heterocycles. The van der Waals surface area contributed by atoms with Gasteiger partial charge in [-0.2, -0.15) is 13.2 Å². The standard InChI is InChI=1S/C24H21Cl2F3N2O2/c1-13-10-15(24(27,28)29)11-17-14(2)12-31(21(13)17)23(33)19-18(25)7-6-16(20(19)26)22(32)30-8-4-3-5-9-30/h6-7,10-12H,3-5,8-9H2,1-2H3. The third kappa shape index (κ3) is 4.24. The Hall–Kier alpha value is -2.51. The molecule has 1 aliphatic rings. The number of carbonyl (C=O) groups excluding carboxylic acids is 2. The van der Waals surface area contributed by atoms with E-state index in [-0.39, 0.29) is 32.6 Å². The van der Waals surface area contributed by atoms with Gasteiger partial charge >= 0.3 is 6.18 Å². The minimum atomic E-state index is -4.51. The summed E-state index contributed by atoms with van der Waals surface area (Å²) in [5, 5.41) is 0.305. The predicted molar refractivity (Wildman–Crippen MR) is 122 cm³/mol. The fraction of sp³-hybridized carbons (Fsp3) is 0.333. The molecule has 4 rings (SSSR count). The van der Waals surface area contributed by atoms with Crippen molar-refractivity contribution in [2.24, 2.45) is 0 Å². The molecular weight excluding hydrogens is 476 g/mol. The Bertz CT molecular complexity index is 1280. The first-order chi connectivity index (χ1) is 15.5. The van der Waals surface area contributed by atoms with Gasteiger partial charge in [0.1, 0.15) is 0 Å². The molecule has 0 atom stereocenters. The van der Waals surface area contributed by atoms with E-state index in [1.165, 1.54) is 29.8 Å². The van der Waals surface area contributed by atoms with E-state index in [0.29, 0.717) is 29.6 Å². The van der Waals surface area contributed by atoms with E-state index in [0.717, 1.165) is 31.4 Å². The van der Waals surface area contributed by atoms with Crippen LogP contribution in [0.2, 0.25) is 10.0 Å². The lowest BCUT2D eigenvalue weighted by Gasteiger charge is -2.27. The molecular formula is C24H21Cl2F3N2O2. The second-order valence-electron chi connectivity index (χ2n) is 8.31. The van der Waals surface area contributed by atoms with E-state index < -0.39 is 17.6 Å². The summed E-state index contributed by atoms with van der Waals surface area (Å²) in [6.07, 6.45) is -0.191. The van der Waals surface area contributed by atoms with Crippen LogP contribution in [0.1, 0.15) is 56.7 Å². The van der Waals surface area contributed by atoms with Crippen LogP contribution in [0.15, 0.2) is 30.5 Å². The van der Waals surface area contributed by atoms with Crippen LogP contribution in [0.5, 0.6) is 0 Å². The van der Waals surface area contributed by atoms with Crippen molar-refractivity contribution in [3.05, 3.63) is 68.3 Å². The zero-order chi connectivity index (χ0) is 24.1. The molecule has 0 spiro atoms. The molecule has 1 aromatic heterocycles. The van der Waals surface area contributed by atoms with Crippen LogP contribution in [0.25, 0.3) is 10.9 Å². The molecule has 0 N–H and O–H groups in total. The zero-order valence-corrected chi connectivity index (χ0v) is 19.5. The molecule has 3 aromatic rings. The minimum absolute atomic E-state index is 0.0580. The lowest BCUT2D eigenvalue weighted by Crippen LogP contribution is -2.36. The van der Waals surface area contributed by atoms with E-state index in [1.807, 2.05) is 0 Å². The van der Waals surface area contributed by atoms with E-state index in [1.54, 1.807) is 11.8 Å². The zero-order valence-electron chi connectivity index (χ0n) is 18.0. The van der Waals surface area contributed by atoms with Crippen molar-refractivity contribution in [3.63, 3.8) is 0 Å². The number of nitrogens with zero attached hydrogens (tertiary/aromatic N) is 2. The normalized spacial score (nSPS) is 14.7. The van der Waals surface area contributed by atoms with Crippen LogP contribution >= 0.6 is 23.2 Å². The molecule has 2 aromatic carbocycles. The van der Waals surface area contributed by atoms with Crippen molar-refractivity contribution < 1.29 is 22.8 Å². The Morgan fingerprint density at radius 1 is 0.939 bits per heavy atom. The first-order valence-electron chi connectivity index (χ1n) is 10.5. The molecule has 4 nitrogen and oxygen atoms in total. The molecule has 1 amide bonds. The van der Waals surface area contributed by atoms with E-state index in [4.69, 9.17) is 23.2 Å². The minimum Gasteiger partial charge on any atom is -0.339 e. The number of carbonyl (C=O) groups is 2. The van der Waals surface area contributed by atoms with Crippen LogP contribution in [0.4, 0.5) is 13.2 Å². The van der Waals surface area contributed by atoms with Crippen LogP contribution in [0.3, 0.4) is 0 Å². The Morgan fingerprint density at radius 2 is 1.61 bits per heavy atom. The molecule has 174 valence electrons. The van der Waals surface area contributed by atoms with Crippen molar-refractivity contribution in [2.75, 3.05) is 13.1 Å². The average Bonchev–Trinajstić information content (AvgIpc) is 3.10. The summed E-state index contributed by atoms with van der Waals surface area (Å²) in [6, 6.07) is 4.98. The van der Waals surface area contributed by atoms with Crippen molar-refractivity contribution in [3.8, 4) is 0 Å². The topological polar surface area (TPSA) is 42.3 Å². The number of aromatic nitrogens is 1. The maximum Gasteiger partial charge on any atom is 0.416 e. The fourth-order valence-corrected chi connectivity index (χ4v) is 4.97. The number of piperidine rings is 1. The van der Waals surface area contributed by atoms with Crippen molar-refractivity contribution in [2.45, 2.75) is 39.3 Å². The highest BCUT2D eigenvalue weighted by atomic mass is 35.5. The molecule has 2 heterocycles. The number of fused-ring (bicyclic) bond motifs is 1. The Labute approximate surface area is 198 Å². The quantitative estimate of drug-likeness (QED) is 0.387. The highest BCUT2D eigenvalue weighted by Crippen LogP contribution is 2.36. The summed E-state index contributed by atoms with van der Waals surface area (Å²) in [6.45, 7) is 4.37. The summed E-state index contributed by atoms with van der Waals surface area (Å²) in [7, 11) is 0. The number of aryl methyl sites for hydroxylation is 2. The second kappa shape index (κ2) is 8.69. The van der Waals surface area contributed by atoms with Gasteiger partial charge in [0.05, 0.1) is 32.3 Å². The first-order valence-corrected chi connectivity index (χ1v) is 11.3. The van der Waals surface area contributed by atoms with Gasteiger partial charge in [-0.3, -0.25) is 14.2 Å². The number of likely N-dealkylation sites (tertiary alicyclic amines) is 1. The third-order valence-corrected chi connectivity index (χ3v) is 6.72. The van der Waals surface area contributed by atoms with E-state index >= 15 is 0 Å². The lowest BCUT2D eigenvalue weighted by atomic mass is 10.0. The van der Waals surface area contributed by atoms with Gasteiger partial charge in [-0.25, -0.2) is 0 Å². The smallest absolute Gasteiger partial charge is 0.339 e. The summed E-state index contributed by atoms with van der Waals surface area (Å²) >= 11 is 12.9. The summed E-state index contributed by atoms with van der Waals surface area (Å²) in [4.78, 5) is 28.3. The van der Waals surface area contributed by atoms with Crippen molar-refractivity contribution in [1.29, 1.82) is 0 Å². The number of rotatable bonds is 2. The number of amides is 1. The molecule has 33 heavy (non-hydrogen) atoms. The molecule has 1 fully saturated rings. The lowest BCUT2D eigenvalue weighted by molar-refractivity contribution is -0.137. The molecule has 1 saturated heterocycles. The summed E-state index contributed by atoms with van der Waals surface area (Å²) in [5.74, 6) is -0.885. The highest BCUT2D eigenvalue weighted by molar-refractivity contribution is 6.41. The summed E-state index contributed by atoms with van der Waals surface area (Å²) < 4.78 is 41.1. The average molecular weight is 497 g/mol. The predicted octanol–water partition coefficient (Wildman–Crippen LogP) is 6.90. The van der Waals surface area contributed by atoms with Crippen LogP contribution in [-0.2, 0) is 6.18 Å². The van der Waals surface area contributed by atoms with E-state index in [9.17, 15) is 22.8 Å². The maximum atomic E-state index is 13.5. The number of benzene rings is 2. The number of alkyl halides is 3. The molecule has 0 unspecified atom stereocenters. The van der Waals surface area contributed by atoms with Gasteiger partial charge in [-0.1, -0.05) is 23.2 Å². The Morgan fingerprint density at radius 3 is 2.24 bits per heavy atom. The third-order valence-electron chi connectivity index (χ3n) is 6.01. The van der Waals surface area contributed by atoms with E-state index in [2.05, 4.69) is 0 Å². The fourth-order valence-electron chi connectivity index (χ4n) is 4.35. The second-order valence-corrected chi connectivity index (χ2v) is 9.10. The van der Waals surface area contributed by atoms with Crippen LogP contribution in [0, 0.1) is 13.8 Å². The van der Waals surface area contributed by atoms with Gasteiger partial charge in [0, 0.05) is 24.7 Å². The van der Waals surface area contributed by atoms with Gasteiger partial charge in [0.15, 0.2) is 0 Å². The SMILES string of the molecule is Cc1cn(C(=O)c2c(Cl)ccc(C(=O)N3CCCCC3)c2Cl)c2c(C)cc(C(F)(F)F)cc12. The van der Waals surface area contributed by atoms with Gasteiger partial charge in [0.25, 0.3) is 11.8 Å². The van der Waals surface area contributed by atoms with Crippen LogP contribution in [-0.4, -0.2) is 34.4 Å². The Kier molecular flexibility index (Phi) is 6.22. The highest BCUT2D eigenvalue weighted by Gasteiger charge is 2.32. The largest absolute Gasteiger partial charge is 0.416 e. The number of hydrogen-bond acceptors (Lipinski definition) is 2. The van der Waals surface area contributed by atoms with Crippen LogP contribution < -0.4 is 0 Å². The number of hydrogen-bond donors (Lipinski definition) is 0. The van der Waals surface area contributed by atoms with Gasteiger partial charge in [-0.15, -0.1) is 0 Å². The van der Waals surface area contributed by atoms with Gasteiger partial charge in [0.2, 0.25) is 0 Å². The van der Waals surface area contributed by atoms with Gasteiger partial charge in [-0.05, 0) is 68.5 Å². The van der Waals surface area contributed by atoms with Crippen molar-refractivity contribution >= 4 is 45.9 Å². The molecule has 9 heteroatoms. The summed E-state index contributed by atoms with van der Waals surface area (Å²) in [5.41, 5.74) is 0.457. The molecule has 0 radical (unpaired) electrons. The molecule has 0 bridgehead atoms. The Balaban J connectivity index is 1.82. The molecule has 0 aliphatic carbocycles. The molecule has 0 saturated carbocycles. The number of halogens is 5. The monoisotopic (exact) mass is 496 g/mol.